The largest absolute Gasteiger partial charge is 0.362 e. The first-order valence-corrected chi connectivity index (χ1v) is 7.51. The van der Waals surface area contributed by atoms with Gasteiger partial charge in [-0.25, -0.2) is 9.89 Å². The number of hydrogen-bond donors (Lipinski definition) is 2. The predicted molar refractivity (Wildman–Crippen MR) is 75.4 cm³/mol. The van der Waals surface area contributed by atoms with E-state index in [1.807, 2.05) is 24.4 Å². The first kappa shape index (κ1) is 13.9. The van der Waals surface area contributed by atoms with E-state index in [2.05, 4.69) is 15.4 Å². The predicted octanol–water partition coefficient (Wildman–Crippen LogP) is 1.14. The van der Waals surface area contributed by atoms with Crippen molar-refractivity contribution in [1.82, 2.24) is 20.1 Å². The van der Waals surface area contributed by atoms with Gasteiger partial charge >= 0.3 is 5.69 Å². The molecule has 0 aliphatic rings. The summed E-state index contributed by atoms with van der Waals surface area (Å²) in [4.78, 5) is 27.6. The van der Waals surface area contributed by atoms with Crippen molar-refractivity contribution >= 4 is 29.0 Å². The molecule has 0 bridgehead atoms. The van der Waals surface area contributed by atoms with E-state index in [4.69, 9.17) is 0 Å². The molecule has 0 radical (unpaired) electrons. The van der Waals surface area contributed by atoms with Crippen LogP contribution in [0.3, 0.4) is 0 Å². The fourth-order valence-corrected chi connectivity index (χ4v) is 2.99. The highest BCUT2D eigenvalue weighted by molar-refractivity contribution is 7.99. The second-order valence-electron chi connectivity index (χ2n) is 3.96. The lowest BCUT2D eigenvalue weighted by molar-refractivity contribution is -0.119. The van der Waals surface area contributed by atoms with E-state index in [0.29, 0.717) is 5.16 Å². The summed E-state index contributed by atoms with van der Waals surface area (Å²) in [5, 5.41) is 7.88. The molecule has 0 unspecified atom stereocenters. The van der Waals surface area contributed by atoms with Gasteiger partial charge in [-0.2, -0.15) is 4.98 Å². The number of H-pyrrole nitrogens is 1. The normalized spacial score (nSPS) is 12.3. The van der Waals surface area contributed by atoms with Gasteiger partial charge in [-0.15, -0.1) is 11.3 Å². The molecule has 2 aromatic rings. The van der Waals surface area contributed by atoms with Gasteiger partial charge in [0.25, 0.3) is 0 Å². The van der Waals surface area contributed by atoms with Crippen LogP contribution in [0.25, 0.3) is 0 Å². The lowest BCUT2D eigenvalue weighted by atomic mass is 10.3. The van der Waals surface area contributed by atoms with Gasteiger partial charge < -0.3 is 5.32 Å². The van der Waals surface area contributed by atoms with Crippen molar-refractivity contribution in [3.8, 4) is 0 Å². The van der Waals surface area contributed by atoms with Crippen LogP contribution in [0.5, 0.6) is 0 Å². The molecule has 1 atom stereocenters. The molecule has 2 N–H and O–H groups in total. The molecule has 2 heterocycles. The first-order valence-electron chi connectivity index (χ1n) is 5.65. The monoisotopic (exact) mass is 298 g/mol. The second-order valence-corrected chi connectivity index (χ2v) is 5.89. The fraction of sp³-hybridized carbons (Fsp3) is 0.364. The number of nitrogens with zero attached hydrogens (tertiary/aromatic N) is 2. The van der Waals surface area contributed by atoms with Crippen molar-refractivity contribution in [2.75, 3.05) is 5.75 Å². The number of aryl methyl sites for hydroxylation is 1. The third kappa shape index (κ3) is 3.71. The molecule has 0 aromatic carbocycles. The fourth-order valence-electron chi connectivity index (χ4n) is 1.53. The van der Waals surface area contributed by atoms with Gasteiger partial charge in [-0.1, -0.05) is 17.8 Å². The minimum atomic E-state index is -0.405. The molecule has 1 amide bonds. The SMILES string of the molecule is C[C@H](NC(=O)CSc1nc(=O)[nH]n1C)c1cccs1. The van der Waals surface area contributed by atoms with Crippen LogP contribution in [0.1, 0.15) is 17.8 Å². The molecule has 0 saturated heterocycles. The van der Waals surface area contributed by atoms with Crippen LogP contribution in [0.15, 0.2) is 27.5 Å². The van der Waals surface area contributed by atoms with Crippen molar-refractivity contribution < 1.29 is 4.79 Å². The third-order valence-electron chi connectivity index (χ3n) is 2.43. The molecule has 0 fully saturated rings. The van der Waals surface area contributed by atoms with Crippen molar-refractivity contribution in [2.24, 2.45) is 7.05 Å². The topological polar surface area (TPSA) is 79.8 Å². The van der Waals surface area contributed by atoms with Gasteiger partial charge in [0, 0.05) is 11.9 Å². The van der Waals surface area contributed by atoms with Crippen LogP contribution >= 0.6 is 23.1 Å². The lowest BCUT2D eigenvalue weighted by Gasteiger charge is -2.11. The minimum absolute atomic E-state index is 0.00361. The number of aromatic nitrogens is 3. The molecule has 8 heteroatoms. The number of rotatable bonds is 5. The number of thiophene rings is 1. The van der Waals surface area contributed by atoms with Crippen LogP contribution in [0, 0.1) is 0 Å². The summed E-state index contributed by atoms with van der Waals surface area (Å²) in [6.45, 7) is 1.94. The standard InChI is InChI=1S/C11H14N4O2S2/c1-7(8-4-3-5-18-8)12-9(16)6-19-11-13-10(17)14-15(11)2/h3-5,7H,6H2,1-2H3,(H,12,16)(H,14,17)/t7-/m0/s1. The van der Waals surface area contributed by atoms with E-state index in [9.17, 15) is 9.59 Å². The van der Waals surface area contributed by atoms with Gasteiger partial charge in [0.15, 0.2) is 5.16 Å². The maximum atomic E-state index is 11.8. The lowest BCUT2D eigenvalue weighted by Crippen LogP contribution is -2.27. The van der Waals surface area contributed by atoms with Gasteiger partial charge in [0.2, 0.25) is 5.91 Å². The maximum absolute atomic E-state index is 11.8. The van der Waals surface area contributed by atoms with E-state index < -0.39 is 5.69 Å². The van der Waals surface area contributed by atoms with Crippen molar-refractivity contribution in [2.45, 2.75) is 18.1 Å². The minimum Gasteiger partial charge on any atom is -0.348 e. The quantitative estimate of drug-likeness (QED) is 0.811. The van der Waals surface area contributed by atoms with Crippen molar-refractivity contribution in [3.05, 3.63) is 32.9 Å². The van der Waals surface area contributed by atoms with E-state index in [1.165, 1.54) is 16.4 Å². The van der Waals surface area contributed by atoms with Gasteiger partial charge in [-0.05, 0) is 18.4 Å². The third-order valence-corrected chi connectivity index (χ3v) is 4.51. The molecular formula is C11H14N4O2S2. The summed E-state index contributed by atoms with van der Waals surface area (Å²) in [6, 6.07) is 3.94. The van der Waals surface area contributed by atoms with E-state index in [0.717, 1.165) is 4.88 Å². The van der Waals surface area contributed by atoms with E-state index in [1.54, 1.807) is 18.4 Å². The number of nitrogens with one attached hydrogen (secondary N) is 2. The van der Waals surface area contributed by atoms with E-state index in [-0.39, 0.29) is 17.7 Å². The number of carbonyl (C=O) groups is 1. The molecule has 102 valence electrons. The van der Waals surface area contributed by atoms with Crippen molar-refractivity contribution in [1.29, 1.82) is 0 Å². The summed E-state index contributed by atoms with van der Waals surface area (Å²) in [7, 11) is 1.68. The Hall–Kier alpha value is -1.54. The first-order chi connectivity index (χ1) is 9.06. The number of hydrogen-bond acceptors (Lipinski definition) is 5. The molecule has 2 rings (SSSR count). The van der Waals surface area contributed by atoms with E-state index >= 15 is 0 Å². The molecule has 0 spiro atoms. The Labute approximate surface area is 118 Å². The average Bonchev–Trinajstić information content (AvgIpc) is 2.96. The highest BCUT2D eigenvalue weighted by atomic mass is 32.2. The summed E-state index contributed by atoms with van der Waals surface area (Å²) in [5.41, 5.74) is -0.405. The molecule has 2 aromatic heterocycles. The number of carbonyl (C=O) groups excluding carboxylic acids is 1. The summed E-state index contributed by atoms with van der Waals surface area (Å²) < 4.78 is 1.50. The smallest absolute Gasteiger partial charge is 0.348 e. The number of amides is 1. The summed E-state index contributed by atoms with van der Waals surface area (Å²) in [6.07, 6.45) is 0. The molecule has 0 aliphatic carbocycles. The van der Waals surface area contributed by atoms with Crippen LogP contribution in [-0.2, 0) is 11.8 Å². The Balaban J connectivity index is 1.85. The Bertz CT molecular complexity index is 602. The summed E-state index contributed by atoms with van der Waals surface area (Å²) >= 11 is 2.84. The zero-order valence-electron chi connectivity index (χ0n) is 10.5. The van der Waals surface area contributed by atoms with Crippen LogP contribution < -0.4 is 11.0 Å². The highest BCUT2D eigenvalue weighted by Crippen LogP contribution is 2.18. The number of thioether (sulfide) groups is 1. The van der Waals surface area contributed by atoms with Crippen LogP contribution in [0.2, 0.25) is 0 Å². The van der Waals surface area contributed by atoms with Crippen LogP contribution in [0.4, 0.5) is 0 Å². The van der Waals surface area contributed by atoms with Crippen molar-refractivity contribution in [3.63, 3.8) is 0 Å². The highest BCUT2D eigenvalue weighted by Gasteiger charge is 2.12. The van der Waals surface area contributed by atoms with Gasteiger partial charge in [-0.3, -0.25) is 9.48 Å². The molecule has 6 nitrogen and oxygen atoms in total. The summed E-state index contributed by atoms with van der Waals surface area (Å²) in [5.74, 6) is 0.148. The van der Waals surface area contributed by atoms with Gasteiger partial charge in [0.05, 0.1) is 11.8 Å². The average molecular weight is 298 g/mol. The zero-order valence-corrected chi connectivity index (χ0v) is 12.2. The molecule has 19 heavy (non-hydrogen) atoms. The van der Waals surface area contributed by atoms with Crippen LogP contribution in [-0.4, -0.2) is 26.4 Å². The van der Waals surface area contributed by atoms with Gasteiger partial charge in [0.1, 0.15) is 0 Å². The zero-order chi connectivity index (χ0) is 13.8. The second kappa shape index (κ2) is 6.07. The molecule has 0 saturated carbocycles. The Morgan fingerprint density at radius 3 is 3.05 bits per heavy atom. The Morgan fingerprint density at radius 2 is 2.47 bits per heavy atom. The number of aromatic amines is 1. The Kier molecular flexibility index (Phi) is 4.43. The Morgan fingerprint density at radius 1 is 1.68 bits per heavy atom. The molecule has 0 aliphatic heterocycles. The molecular weight excluding hydrogens is 284 g/mol. The maximum Gasteiger partial charge on any atom is 0.362 e.